The number of ether oxygens (including phenoxy) is 1. The first-order chi connectivity index (χ1) is 10.1. The van der Waals surface area contributed by atoms with E-state index in [0.717, 1.165) is 15.6 Å². The van der Waals surface area contributed by atoms with Crippen molar-refractivity contribution in [2.45, 2.75) is 0 Å². The standard InChI is InChI=1S/C16H9BrClNO2/c17-12-7-3-2-6-11(12)15-19-14(16(20)21-15)9-10-5-1-4-8-13(10)18/h1-9H/b14-9-. The number of aliphatic imine (C=N–C) groups is 1. The normalized spacial score (nSPS) is 16.0. The highest BCUT2D eigenvalue weighted by Crippen LogP contribution is 2.25. The molecule has 3 nitrogen and oxygen atoms in total. The zero-order chi connectivity index (χ0) is 14.8. The number of rotatable bonds is 2. The second-order valence-electron chi connectivity index (χ2n) is 4.34. The van der Waals surface area contributed by atoms with E-state index >= 15 is 0 Å². The van der Waals surface area contributed by atoms with E-state index in [-0.39, 0.29) is 11.6 Å². The molecule has 0 fully saturated rings. The molecular weight excluding hydrogens is 354 g/mol. The van der Waals surface area contributed by atoms with E-state index in [1.807, 2.05) is 42.5 Å². The zero-order valence-corrected chi connectivity index (χ0v) is 13.1. The summed E-state index contributed by atoms with van der Waals surface area (Å²) in [5.41, 5.74) is 1.69. The summed E-state index contributed by atoms with van der Waals surface area (Å²) in [6, 6.07) is 14.7. The van der Waals surface area contributed by atoms with Gasteiger partial charge in [-0.05, 0) is 45.8 Å². The number of nitrogens with zero attached hydrogens (tertiary/aromatic N) is 1. The number of carbonyl (C=O) groups is 1. The Morgan fingerprint density at radius 3 is 2.57 bits per heavy atom. The fraction of sp³-hybridized carbons (Fsp3) is 0. The molecule has 0 aliphatic carbocycles. The molecule has 2 aromatic carbocycles. The quantitative estimate of drug-likeness (QED) is 0.585. The number of cyclic esters (lactones) is 1. The number of hydrogen-bond donors (Lipinski definition) is 0. The molecule has 0 saturated carbocycles. The first-order valence-corrected chi connectivity index (χ1v) is 7.34. The minimum absolute atomic E-state index is 0.230. The van der Waals surface area contributed by atoms with E-state index in [9.17, 15) is 4.79 Å². The van der Waals surface area contributed by atoms with Crippen LogP contribution in [0.2, 0.25) is 5.02 Å². The summed E-state index contributed by atoms with van der Waals surface area (Å²) in [7, 11) is 0. The average molecular weight is 363 g/mol. The van der Waals surface area contributed by atoms with Crippen molar-refractivity contribution in [1.82, 2.24) is 0 Å². The van der Waals surface area contributed by atoms with Crippen LogP contribution in [0.1, 0.15) is 11.1 Å². The van der Waals surface area contributed by atoms with Crippen LogP contribution in [-0.2, 0) is 9.53 Å². The van der Waals surface area contributed by atoms with Gasteiger partial charge in [0.05, 0.1) is 5.56 Å². The monoisotopic (exact) mass is 361 g/mol. The fourth-order valence-electron chi connectivity index (χ4n) is 1.90. The van der Waals surface area contributed by atoms with Crippen LogP contribution in [0.3, 0.4) is 0 Å². The molecular formula is C16H9BrClNO2. The lowest BCUT2D eigenvalue weighted by atomic mass is 10.2. The Labute approximate surface area is 135 Å². The van der Waals surface area contributed by atoms with Gasteiger partial charge in [-0.3, -0.25) is 0 Å². The van der Waals surface area contributed by atoms with Crippen LogP contribution >= 0.6 is 27.5 Å². The van der Waals surface area contributed by atoms with E-state index in [4.69, 9.17) is 16.3 Å². The van der Waals surface area contributed by atoms with Crippen molar-refractivity contribution in [3.8, 4) is 0 Å². The summed E-state index contributed by atoms with van der Waals surface area (Å²) in [6.45, 7) is 0. The van der Waals surface area contributed by atoms with Gasteiger partial charge in [0.15, 0.2) is 5.70 Å². The molecule has 0 amide bonds. The molecule has 1 aliphatic heterocycles. The summed E-state index contributed by atoms with van der Waals surface area (Å²) >= 11 is 9.49. The second kappa shape index (κ2) is 5.84. The Kier molecular flexibility index (Phi) is 3.90. The van der Waals surface area contributed by atoms with Gasteiger partial charge in [0, 0.05) is 9.50 Å². The molecule has 0 radical (unpaired) electrons. The molecule has 0 bridgehead atoms. The predicted molar refractivity (Wildman–Crippen MR) is 86.2 cm³/mol. The lowest BCUT2D eigenvalue weighted by Gasteiger charge is -2.01. The molecule has 5 heteroatoms. The van der Waals surface area contributed by atoms with Crippen molar-refractivity contribution in [3.63, 3.8) is 0 Å². The third-order valence-electron chi connectivity index (χ3n) is 2.92. The number of carbonyl (C=O) groups excluding carboxylic acids is 1. The summed E-state index contributed by atoms with van der Waals surface area (Å²) in [5.74, 6) is -0.202. The topological polar surface area (TPSA) is 38.7 Å². The summed E-state index contributed by atoms with van der Waals surface area (Å²) < 4.78 is 6.04. The third-order valence-corrected chi connectivity index (χ3v) is 3.96. The van der Waals surface area contributed by atoms with Crippen LogP contribution in [0, 0.1) is 0 Å². The third kappa shape index (κ3) is 2.91. The number of esters is 1. The Hall–Kier alpha value is -1.91. The van der Waals surface area contributed by atoms with Crippen molar-refractivity contribution in [3.05, 3.63) is 74.9 Å². The lowest BCUT2D eigenvalue weighted by Crippen LogP contribution is -2.05. The average Bonchev–Trinajstić information content (AvgIpc) is 2.83. The van der Waals surface area contributed by atoms with Gasteiger partial charge in [-0.1, -0.05) is 41.9 Å². The highest BCUT2D eigenvalue weighted by molar-refractivity contribution is 9.10. The number of halogens is 2. The van der Waals surface area contributed by atoms with Gasteiger partial charge >= 0.3 is 5.97 Å². The highest BCUT2D eigenvalue weighted by Gasteiger charge is 2.25. The largest absolute Gasteiger partial charge is 0.402 e. The fourth-order valence-corrected chi connectivity index (χ4v) is 2.54. The molecule has 0 spiro atoms. The molecule has 1 aliphatic rings. The number of hydrogen-bond acceptors (Lipinski definition) is 3. The smallest absolute Gasteiger partial charge is 0.363 e. The molecule has 104 valence electrons. The molecule has 0 atom stereocenters. The van der Waals surface area contributed by atoms with Gasteiger partial charge < -0.3 is 4.74 Å². The summed E-state index contributed by atoms with van der Waals surface area (Å²) in [4.78, 5) is 16.2. The first kappa shape index (κ1) is 14.0. The van der Waals surface area contributed by atoms with Crippen LogP contribution in [-0.4, -0.2) is 11.9 Å². The Morgan fingerprint density at radius 1 is 1.10 bits per heavy atom. The van der Waals surface area contributed by atoms with Crippen LogP contribution in [0.5, 0.6) is 0 Å². The van der Waals surface area contributed by atoms with E-state index in [0.29, 0.717) is 5.02 Å². The van der Waals surface area contributed by atoms with Crippen molar-refractivity contribution in [2.24, 2.45) is 4.99 Å². The maximum absolute atomic E-state index is 11.9. The van der Waals surface area contributed by atoms with Gasteiger partial charge in [0.1, 0.15) is 0 Å². The van der Waals surface area contributed by atoms with Crippen molar-refractivity contribution in [1.29, 1.82) is 0 Å². The molecule has 21 heavy (non-hydrogen) atoms. The van der Waals surface area contributed by atoms with E-state index < -0.39 is 5.97 Å². The molecule has 0 saturated heterocycles. The Balaban J connectivity index is 2.00. The van der Waals surface area contributed by atoms with Crippen molar-refractivity contribution >= 4 is 45.5 Å². The van der Waals surface area contributed by atoms with Crippen LogP contribution in [0.15, 0.2) is 63.7 Å². The number of benzene rings is 2. The minimum atomic E-state index is -0.485. The molecule has 2 aromatic rings. The van der Waals surface area contributed by atoms with Gasteiger partial charge in [0.2, 0.25) is 5.90 Å². The van der Waals surface area contributed by atoms with E-state index in [2.05, 4.69) is 20.9 Å². The Morgan fingerprint density at radius 2 is 1.81 bits per heavy atom. The lowest BCUT2D eigenvalue weighted by molar-refractivity contribution is -0.129. The Bertz CT molecular complexity index is 783. The zero-order valence-electron chi connectivity index (χ0n) is 10.7. The molecule has 3 rings (SSSR count). The molecule has 1 heterocycles. The highest BCUT2D eigenvalue weighted by atomic mass is 79.9. The van der Waals surface area contributed by atoms with Crippen LogP contribution < -0.4 is 0 Å². The molecule has 0 unspecified atom stereocenters. The van der Waals surface area contributed by atoms with Gasteiger partial charge in [-0.2, -0.15) is 0 Å². The van der Waals surface area contributed by atoms with E-state index in [1.165, 1.54) is 0 Å². The maximum atomic E-state index is 11.9. The van der Waals surface area contributed by atoms with Gasteiger partial charge in [-0.15, -0.1) is 0 Å². The molecule has 0 N–H and O–H groups in total. The summed E-state index contributed by atoms with van der Waals surface area (Å²) in [6.07, 6.45) is 1.62. The van der Waals surface area contributed by atoms with Gasteiger partial charge in [0.25, 0.3) is 0 Å². The van der Waals surface area contributed by atoms with Crippen LogP contribution in [0.4, 0.5) is 0 Å². The second-order valence-corrected chi connectivity index (χ2v) is 5.60. The van der Waals surface area contributed by atoms with Crippen molar-refractivity contribution < 1.29 is 9.53 Å². The van der Waals surface area contributed by atoms with Crippen molar-refractivity contribution in [2.75, 3.05) is 0 Å². The predicted octanol–water partition coefficient (Wildman–Crippen LogP) is 4.45. The SMILES string of the molecule is O=C1OC(c2ccccc2Br)=N/C1=C\c1ccccc1Cl. The van der Waals surface area contributed by atoms with E-state index in [1.54, 1.807) is 12.1 Å². The molecule has 0 aromatic heterocycles. The van der Waals surface area contributed by atoms with Crippen LogP contribution in [0.25, 0.3) is 6.08 Å². The minimum Gasteiger partial charge on any atom is -0.402 e. The van der Waals surface area contributed by atoms with Gasteiger partial charge in [-0.25, -0.2) is 9.79 Å². The maximum Gasteiger partial charge on any atom is 0.363 e. The summed E-state index contributed by atoms with van der Waals surface area (Å²) in [5, 5.41) is 0.558. The first-order valence-electron chi connectivity index (χ1n) is 6.17.